The van der Waals surface area contributed by atoms with E-state index in [0.29, 0.717) is 0 Å². The first-order valence-corrected chi connectivity index (χ1v) is 22.9. The third-order valence-electron chi connectivity index (χ3n) is 14.8. The molecule has 2 aliphatic heterocycles. The standard InChI is InChI=1S/C56H59BN2/c1-55(2,3)41-29-25-36(26-30-41)40-28-31-49-46(33-40)57-53-45-22-12-9-17-39(45)27-32-50(53)59(48-24-14-19-38-16-8-11-21-44(38)48)52-35-42(56(4,5)6)34-51(54(52)57)58(49)47-23-13-18-37-15-7-10-20-43(37)47/h7,10,14-15,19-20,24-35,47H,8-9,11-13,16-18,21-23H2,1-6H3. The van der Waals surface area contributed by atoms with Gasteiger partial charge in [0.05, 0.1) is 6.04 Å². The van der Waals surface area contributed by atoms with E-state index in [-0.39, 0.29) is 23.6 Å². The molecule has 6 aromatic carbocycles. The molecule has 2 heterocycles. The molecule has 1 unspecified atom stereocenters. The second kappa shape index (κ2) is 13.8. The number of benzene rings is 6. The Morgan fingerprint density at radius 1 is 0.475 bits per heavy atom. The molecule has 0 saturated heterocycles. The summed E-state index contributed by atoms with van der Waals surface area (Å²) in [4.78, 5) is 5.61. The summed E-state index contributed by atoms with van der Waals surface area (Å²) in [7, 11) is 0. The van der Waals surface area contributed by atoms with Crippen molar-refractivity contribution >= 4 is 51.5 Å². The van der Waals surface area contributed by atoms with Crippen LogP contribution in [0.5, 0.6) is 0 Å². The lowest BCUT2D eigenvalue weighted by molar-refractivity contribution is 0.557. The van der Waals surface area contributed by atoms with Crippen LogP contribution in [0.2, 0.25) is 0 Å². The molecule has 3 aliphatic carbocycles. The predicted octanol–water partition coefficient (Wildman–Crippen LogP) is 12.5. The van der Waals surface area contributed by atoms with Crippen LogP contribution in [-0.4, -0.2) is 6.71 Å². The molecule has 5 aliphatic rings. The number of anilines is 5. The van der Waals surface area contributed by atoms with E-state index in [1.807, 2.05) is 0 Å². The lowest BCUT2D eigenvalue weighted by Gasteiger charge is -2.49. The van der Waals surface area contributed by atoms with Crippen molar-refractivity contribution in [1.29, 1.82) is 0 Å². The second-order valence-electron chi connectivity index (χ2n) is 20.5. The molecule has 6 aromatic rings. The third-order valence-corrected chi connectivity index (χ3v) is 14.8. The van der Waals surface area contributed by atoms with Crippen LogP contribution in [-0.2, 0) is 42.9 Å². The highest BCUT2D eigenvalue weighted by Crippen LogP contribution is 2.50. The van der Waals surface area contributed by atoms with Crippen molar-refractivity contribution in [3.63, 3.8) is 0 Å². The molecular weight excluding hydrogens is 711 g/mol. The van der Waals surface area contributed by atoms with Crippen molar-refractivity contribution in [3.8, 4) is 11.1 Å². The van der Waals surface area contributed by atoms with Crippen molar-refractivity contribution in [1.82, 2.24) is 0 Å². The number of hydrogen-bond acceptors (Lipinski definition) is 2. The first kappa shape index (κ1) is 37.0. The molecular formula is C56H59BN2. The van der Waals surface area contributed by atoms with Crippen molar-refractivity contribution in [2.45, 2.75) is 129 Å². The lowest BCUT2D eigenvalue weighted by Crippen LogP contribution is -2.63. The largest absolute Gasteiger partial charge is 0.335 e. The van der Waals surface area contributed by atoms with Gasteiger partial charge in [0.2, 0.25) is 0 Å². The Hall–Kier alpha value is -5.02. The maximum absolute atomic E-state index is 2.84. The summed E-state index contributed by atoms with van der Waals surface area (Å²) in [6.07, 6.45) is 13.3. The van der Waals surface area contributed by atoms with E-state index in [9.17, 15) is 0 Å². The first-order valence-electron chi connectivity index (χ1n) is 22.9. The molecule has 0 fully saturated rings. The summed E-state index contributed by atoms with van der Waals surface area (Å²) in [6, 6.07) is 44.1. The maximum Gasteiger partial charge on any atom is 0.252 e. The average molecular weight is 771 g/mol. The van der Waals surface area contributed by atoms with Gasteiger partial charge in [-0.15, -0.1) is 0 Å². The molecule has 59 heavy (non-hydrogen) atoms. The first-order chi connectivity index (χ1) is 28.5. The van der Waals surface area contributed by atoms with Crippen LogP contribution >= 0.6 is 0 Å². The van der Waals surface area contributed by atoms with E-state index in [1.54, 1.807) is 27.7 Å². The van der Waals surface area contributed by atoms with E-state index >= 15 is 0 Å². The smallest absolute Gasteiger partial charge is 0.252 e. The number of fused-ring (bicyclic) bond motifs is 8. The summed E-state index contributed by atoms with van der Waals surface area (Å²) >= 11 is 0. The summed E-state index contributed by atoms with van der Waals surface area (Å²) < 4.78 is 0. The van der Waals surface area contributed by atoms with E-state index in [2.05, 4.69) is 161 Å². The molecule has 0 bridgehead atoms. The number of hydrogen-bond donors (Lipinski definition) is 0. The highest BCUT2D eigenvalue weighted by molar-refractivity contribution is 7.00. The van der Waals surface area contributed by atoms with Crippen molar-refractivity contribution in [2.75, 3.05) is 9.80 Å². The Kier molecular flexibility index (Phi) is 8.64. The Morgan fingerprint density at radius 2 is 1.12 bits per heavy atom. The van der Waals surface area contributed by atoms with E-state index in [0.717, 1.165) is 25.7 Å². The van der Waals surface area contributed by atoms with Gasteiger partial charge < -0.3 is 9.80 Å². The quantitative estimate of drug-likeness (QED) is 0.165. The van der Waals surface area contributed by atoms with E-state index in [1.165, 1.54) is 118 Å². The van der Waals surface area contributed by atoms with Crippen LogP contribution in [0, 0.1) is 0 Å². The molecule has 0 amide bonds. The van der Waals surface area contributed by atoms with Gasteiger partial charge in [-0.05, 0) is 184 Å². The average Bonchev–Trinajstić information content (AvgIpc) is 3.25. The number of nitrogens with zero attached hydrogens (tertiary/aromatic N) is 2. The minimum atomic E-state index is -0.0293. The molecule has 0 aromatic heterocycles. The van der Waals surface area contributed by atoms with Gasteiger partial charge in [-0.3, -0.25) is 0 Å². The van der Waals surface area contributed by atoms with E-state index in [4.69, 9.17) is 0 Å². The molecule has 0 N–H and O–H groups in total. The molecule has 2 nitrogen and oxygen atoms in total. The van der Waals surface area contributed by atoms with Gasteiger partial charge in [-0.25, -0.2) is 0 Å². The van der Waals surface area contributed by atoms with Crippen LogP contribution < -0.4 is 26.2 Å². The van der Waals surface area contributed by atoms with Gasteiger partial charge in [0.25, 0.3) is 6.71 Å². The molecule has 3 heteroatoms. The van der Waals surface area contributed by atoms with Crippen molar-refractivity contribution < 1.29 is 0 Å². The monoisotopic (exact) mass is 770 g/mol. The maximum atomic E-state index is 2.84. The van der Waals surface area contributed by atoms with Gasteiger partial charge in [0, 0.05) is 28.4 Å². The fourth-order valence-electron chi connectivity index (χ4n) is 11.7. The topological polar surface area (TPSA) is 6.48 Å². The Bertz CT molecular complexity index is 2640. The van der Waals surface area contributed by atoms with Gasteiger partial charge >= 0.3 is 0 Å². The normalized spacial score (nSPS) is 18.0. The van der Waals surface area contributed by atoms with Crippen LogP contribution in [0.15, 0.2) is 109 Å². The fourth-order valence-corrected chi connectivity index (χ4v) is 11.7. The zero-order chi connectivity index (χ0) is 40.2. The Balaban J connectivity index is 1.24. The van der Waals surface area contributed by atoms with Crippen molar-refractivity contribution in [2.24, 2.45) is 0 Å². The van der Waals surface area contributed by atoms with Gasteiger partial charge in [-0.2, -0.15) is 0 Å². The predicted molar refractivity (Wildman–Crippen MR) is 253 cm³/mol. The molecule has 0 radical (unpaired) electrons. The highest BCUT2D eigenvalue weighted by atomic mass is 15.2. The van der Waals surface area contributed by atoms with Gasteiger partial charge in [-0.1, -0.05) is 120 Å². The molecule has 0 spiro atoms. The molecule has 11 rings (SSSR count). The summed E-state index contributed by atoms with van der Waals surface area (Å²) in [5.41, 5.74) is 26.4. The van der Waals surface area contributed by atoms with Crippen LogP contribution in [0.3, 0.4) is 0 Å². The Labute approximate surface area is 353 Å². The van der Waals surface area contributed by atoms with Gasteiger partial charge in [0.1, 0.15) is 0 Å². The van der Waals surface area contributed by atoms with Gasteiger partial charge in [0.15, 0.2) is 0 Å². The zero-order valence-electron chi connectivity index (χ0n) is 36.2. The van der Waals surface area contributed by atoms with Crippen molar-refractivity contribution in [3.05, 3.63) is 154 Å². The SMILES string of the molecule is CC(C)(C)c1ccc(-c2ccc3c(c2)B2c4c(cc(C(C)(C)C)cc4N3C3CCCc4ccccc43)N(c3cccc4c3CCCC4)c3ccc4c(c32)CCCC4)cc1. The van der Waals surface area contributed by atoms with E-state index < -0.39 is 0 Å². The second-order valence-corrected chi connectivity index (χ2v) is 20.5. The fraction of sp³-hybridized carbons (Fsp3) is 0.357. The van der Waals surface area contributed by atoms with Crippen LogP contribution in [0.1, 0.15) is 131 Å². The summed E-state index contributed by atoms with van der Waals surface area (Å²) in [6.45, 7) is 14.3. The molecule has 296 valence electrons. The third kappa shape index (κ3) is 5.96. The highest BCUT2D eigenvalue weighted by Gasteiger charge is 2.47. The number of rotatable bonds is 3. The summed E-state index contributed by atoms with van der Waals surface area (Å²) in [5, 5.41) is 0. The minimum Gasteiger partial charge on any atom is -0.335 e. The molecule has 1 atom stereocenters. The van der Waals surface area contributed by atoms with Crippen LogP contribution in [0.4, 0.5) is 28.4 Å². The Morgan fingerprint density at radius 3 is 1.90 bits per heavy atom. The minimum absolute atomic E-state index is 0.0293. The van der Waals surface area contributed by atoms with Crippen LogP contribution in [0.25, 0.3) is 11.1 Å². The molecule has 0 saturated carbocycles. The summed E-state index contributed by atoms with van der Waals surface area (Å²) in [5.74, 6) is 0. The lowest BCUT2D eigenvalue weighted by atomic mass is 9.32. The number of aryl methyl sites for hydroxylation is 3. The zero-order valence-corrected chi connectivity index (χ0v) is 36.2.